The number of hydrogen-bond acceptors (Lipinski definition) is 5. The minimum atomic E-state index is 0.710. The van der Waals surface area contributed by atoms with E-state index in [4.69, 9.17) is 4.98 Å². The van der Waals surface area contributed by atoms with Gasteiger partial charge in [0.25, 0.3) is 0 Å². The number of para-hydroxylation sites is 2. The molecule has 6 heteroatoms. The minimum absolute atomic E-state index is 0.710. The molecular weight excluding hydrogens is 270 g/mol. The van der Waals surface area contributed by atoms with Crippen molar-refractivity contribution in [2.45, 2.75) is 26.8 Å². The standard InChI is InChI=1S/C14H17N5S/c1-3-15-14-11(17-20-18-14)9-13-16-10-7-5-6-8-12(10)19(13)4-2/h5-8H,3-4,9H2,1-2H3,(H,15,18). The van der Waals surface area contributed by atoms with Crippen LogP contribution in [0.2, 0.25) is 0 Å². The lowest BCUT2D eigenvalue weighted by molar-refractivity contribution is 0.731. The molecule has 0 unspecified atom stereocenters. The van der Waals surface area contributed by atoms with Crippen molar-refractivity contribution in [2.75, 3.05) is 11.9 Å². The van der Waals surface area contributed by atoms with Gasteiger partial charge in [0.05, 0.1) is 29.2 Å². The molecule has 0 spiro atoms. The van der Waals surface area contributed by atoms with Gasteiger partial charge in [0, 0.05) is 13.1 Å². The van der Waals surface area contributed by atoms with E-state index in [1.54, 1.807) is 0 Å². The van der Waals surface area contributed by atoms with Gasteiger partial charge in [-0.3, -0.25) is 0 Å². The molecule has 0 bridgehead atoms. The van der Waals surface area contributed by atoms with Crippen molar-refractivity contribution < 1.29 is 0 Å². The van der Waals surface area contributed by atoms with Gasteiger partial charge in [0.1, 0.15) is 11.5 Å². The number of fused-ring (bicyclic) bond motifs is 1. The summed E-state index contributed by atoms with van der Waals surface area (Å²) in [6.07, 6.45) is 0.710. The largest absolute Gasteiger partial charge is 0.368 e. The molecule has 2 heterocycles. The predicted molar refractivity (Wildman–Crippen MR) is 82.3 cm³/mol. The van der Waals surface area contributed by atoms with Crippen LogP contribution in [-0.4, -0.2) is 24.8 Å². The number of anilines is 1. The van der Waals surface area contributed by atoms with Crippen LogP contribution in [0.25, 0.3) is 11.0 Å². The summed E-state index contributed by atoms with van der Waals surface area (Å²) in [6, 6.07) is 8.23. The highest BCUT2D eigenvalue weighted by Crippen LogP contribution is 2.21. The van der Waals surface area contributed by atoms with Crippen molar-refractivity contribution in [3.8, 4) is 0 Å². The van der Waals surface area contributed by atoms with Gasteiger partial charge < -0.3 is 9.88 Å². The Morgan fingerprint density at radius 3 is 2.85 bits per heavy atom. The maximum absolute atomic E-state index is 4.73. The molecule has 1 aromatic carbocycles. The van der Waals surface area contributed by atoms with Crippen LogP contribution in [0.4, 0.5) is 5.82 Å². The molecule has 0 radical (unpaired) electrons. The van der Waals surface area contributed by atoms with Crippen LogP contribution in [-0.2, 0) is 13.0 Å². The number of nitrogens with one attached hydrogen (secondary N) is 1. The zero-order valence-electron chi connectivity index (χ0n) is 11.6. The molecular formula is C14H17N5S. The normalized spacial score (nSPS) is 11.1. The third-order valence-corrected chi connectivity index (χ3v) is 3.84. The second-order valence-electron chi connectivity index (χ2n) is 4.53. The van der Waals surface area contributed by atoms with Crippen LogP contribution in [0.3, 0.4) is 0 Å². The van der Waals surface area contributed by atoms with Gasteiger partial charge in [0.2, 0.25) is 0 Å². The molecule has 3 rings (SSSR count). The summed E-state index contributed by atoms with van der Waals surface area (Å²) in [7, 11) is 0. The molecule has 0 saturated heterocycles. The zero-order chi connectivity index (χ0) is 13.9. The van der Waals surface area contributed by atoms with E-state index in [-0.39, 0.29) is 0 Å². The SMILES string of the molecule is CCNc1nsnc1Cc1nc2ccccc2n1CC. The zero-order valence-corrected chi connectivity index (χ0v) is 12.4. The van der Waals surface area contributed by atoms with Crippen molar-refractivity contribution in [1.82, 2.24) is 18.3 Å². The number of aryl methyl sites for hydroxylation is 1. The van der Waals surface area contributed by atoms with Crippen molar-refractivity contribution in [2.24, 2.45) is 0 Å². The summed E-state index contributed by atoms with van der Waals surface area (Å²) in [4.78, 5) is 4.73. The Balaban J connectivity index is 1.99. The monoisotopic (exact) mass is 287 g/mol. The Kier molecular flexibility index (Phi) is 3.64. The number of aromatic nitrogens is 4. The average molecular weight is 287 g/mol. The Labute approximate surface area is 122 Å². The molecule has 2 aromatic heterocycles. The molecule has 0 atom stereocenters. The van der Waals surface area contributed by atoms with Crippen molar-refractivity contribution in [1.29, 1.82) is 0 Å². The van der Waals surface area contributed by atoms with Gasteiger partial charge in [-0.1, -0.05) is 12.1 Å². The Hall–Kier alpha value is -1.95. The second kappa shape index (κ2) is 5.58. The van der Waals surface area contributed by atoms with E-state index < -0.39 is 0 Å². The molecule has 1 N–H and O–H groups in total. The molecule has 0 amide bonds. The molecule has 0 saturated carbocycles. The molecule has 104 valence electrons. The van der Waals surface area contributed by atoms with E-state index in [1.165, 1.54) is 17.2 Å². The minimum Gasteiger partial charge on any atom is -0.368 e. The number of rotatable bonds is 5. The summed E-state index contributed by atoms with van der Waals surface area (Å²) in [6.45, 7) is 5.96. The lowest BCUT2D eigenvalue weighted by atomic mass is 10.3. The third-order valence-electron chi connectivity index (χ3n) is 3.28. The maximum atomic E-state index is 4.73. The third kappa shape index (κ3) is 2.27. The van der Waals surface area contributed by atoms with Gasteiger partial charge in [-0.2, -0.15) is 8.75 Å². The van der Waals surface area contributed by atoms with Gasteiger partial charge in [-0.25, -0.2) is 4.98 Å². The van der Waals surface area contributed by atoms with Crippen LogP contribution in [0.1, 0.15) is 25.4 Å². The number of nitrogens with zero attached hydrogens (tertiary/aromatic N) is 4. The lowest BCUT2D eigenvalue weighted by Crippen LogP contribution is -2.06. The number of hydrogen-bond donors (Lipinski definition) is 1. The van der Waals surface area contributed by atoms with E-state index >= 15 is 0 Å². The fourth-order valence-corrected chi connectivity index (χ4v) is 2.93. The van der Waals surface area contributed by atoms with Crippen molar-refractivity contribution in [3.63, 3.8) is 0 Å². The number of imidazole rings is 1. The first-order chi connectivity index (χ1) is 9.83. The van der Waals surface area contributed by atoms with Crippen molar-refractivity contribution >= 4 is 28.6 Å². The summed E-state index contributed by atoms with van der Waals surface area (Å²) in [5, 5.41) is 3.25. The van der Waals surface area contributed by atoms with Crippen LogP contribution < -0.4 is 5.32 Å². The van der Waals surface area contributed by atoms with Crippen LogP contribution >= 0.6 is 11.7 Å². The molecule has 0 aliphatic heterocycles. The Morgan fingerprint density at radius 2 is 2.05 bits per heavy atom. The summed E-state index contributed by atoms with van der Waals surface area (Å²) >= 11 is 1.25. The first-order valence-corrected chi connectivity index (χ1v) is 7.56. The average Bonchev–Trinajstić information content (AvgIpc) is 3.03. The van der Waals surface area contributed by atoms with E-state index in [0.717, 1.165) is 35.9 Å². The molecule has 5 nitrogen and oxygen atoms in total. The highest BCUT2D eigenvalue weighted by molar-refractivity contribution is 6.99. The van der Waals surface area contributed by atoms with Crippen LogP contribution in [0, 0.1) is 0 Å². The molecule has 0 fully saturated rings. The highest BCUT2D eigenvalue weighted by atomic mass is 32.1. The van der Waals surface area contributed by atoms with Crippen LogP contribution in [0.15, 0.2) is 24.3 Å². The molecule has 0 aliphatic carbocycles. The van der Waals surface area contributed by atoms with E-state index in [0.29, 0.717) is 6.42 Å². The molecule has 3 aromatic rings. The fourth-order valence-electron chi connectivity index (χ4n) is 2.39. The van der Waals surface area contributed by atoms with Gasteiger partial charge in [-0.15, -0.1) is 0 Å². The Bertz CT molecular complexity index is 715. The maximum Gasteiger partial charge on any atom is 0.163 e. The smallest absolute Gasteiger partial charge is 0.163 e. The fraction of sp³-hybridized carbons (Fsp3) is 0.357. The first-order valence-electron chi connectivity index (χ1n) is 6.83. The van der Waals surface area contributed by atoms with E-state index in [9.17, 15) is 0 Å². The molecule has 20 heavy (non-hydrogen) atoms. The number of benzene rings is 1. The second-order valence-corrected chi connectivity index (χ2v) is 5.06. The predicted octanol–water partition coefficient (Wildman–Crippen LogP) is 2.93. The Morgan fingerprint density at radius 1 is 1.20 bits per heavy atom. The van der Waals surface area contributed by atoms with Crippen molar-refractivity contribution in [3.05, 3.63) is 35.8 Å². The van der Waals surface area contributed by atoms with Gasteiger partial charge >= 0.3 is 0 Å². The topological polar surface area (TPSA) is 55.6 Å². The molecule has 0 aliphatic rings. The first kappa shape index (κ1) is 13.1. The quantitative estimate of drug-likeness (QED) is 0.784. The van der Waals surface area contributed by atoms with E-state index in [2.05, 4.69) is 50.7 Å². The summed E-state index contributed by atoms with van der Waals surface area (Å²) in [5.41, 5.74) is 3.19. The van der Waals surface area contributed by atoms with Gasteiger partial charge in [0.15, 0.2) is 5.82 Å². The summed E-state index contributed by atoms with van der Waals surface area (Å²) < 4.78 is 10.9. The lowest BCUT2D eigenvalue weighted by Gasteiger charge is -2.06. The highest BCUT2D eigenvalue weighted by Gasteiger charge is 2.14. The summed E-state index contributed by atoms with van der Waals surface area (Å²) in [5.74, 6) is 1.92. The van der Waals surface area contributed by atoms with Gasteiger partial charge in [-0.05, 0) is 26.0 Å². The van der Waals surface area contributed by atoms with Crippen LogP contribution in [0.5, 0.6) is 0 Å². The van der Waals surface area contributed by atoms with E-state index in [1.807, 2.05) is 6.07 Å².